The molecule has 1 aromatic carbocycles. The summed E-state index contributed by atoms with van der Waals surface area (Å²) in [5, 5.41) is 2.92. The van der Waals surface area contributed by atoms with Gasteiger partial charge in [-0.05, 0) is 37.8 Å². The minimum Gasteiger partial charge on any atom is -0.352 e. The first-order valence-corrected chi connectivity index (χ1v) is 9.45. The standard InChI is InChI=1S/C20H27N3O3/c1-15(24)21-18-10-6-12-23(14-18)20(26)17-9-5-11-22(13-17)19(25)16-7-3-2-4-8-16/h2-4,7-8,17-18H,5-6,9-14H2,1H3,(H,21,24). The van der Waals surface area contributed by atoms with Gasteiger partial charge in [-0.1, -0.05) is 18.2 Å². The maximum Gasteiger partial charge on any atom is 0.253 e. The Morgan fingerprint density at radius 1 is 0.962 bits per heavy atom. The molecule has 2 heterocycles. The average molecular weight is 357 g/mol. The van der Waals surface area contributed by atoms with Gasteiger partial charge in [-0.15, -0.1) is 0 Å². The zero-order valence-corrected chi connectivity index (χ0v) is 15.3. The summed E-state index contributed by atoms with van der Waals surface area (Å²) >= 11 is 0. The molecule has 0 aliphatic carbocycles. The molecular weight excluding hydrogens is 330 g/mol. The molecule has 2 atom stereocenters. The Balaban J connectivity index is 1.61. The molecule has 3 rings (SSSR count). The molecule has 0 bridgehead atoms. The summed E-state index contributed by atoms with van der Waals surface area (Å²) in [6.45, 7) is 3.99. The zero-order valence-electron chi connectivity index (χ0n) is 15.3. The van der Waals surface area contributed by atoms with Crippen molar-refractivity contribution in [2.75, 3.05) is 26.2 Å². The van der Waals surface area contributed by atoms with Gasteiger partial charge in [-0.2, -0.15) is 0 Å². The Kier molecular flexibility index (Phi) is 5.91. The van der Waals surface area contributed by atoms with Crippen LogP contribution in [0.5, 0.6) is 0 Å². The van der Waals surface area contributed by atoms with Gasteiger partial charge in [0.25, 0.3) is 5.91 Å². The van der Waals surface area contributed by atoms with Gasteiger partial charge in [-0.25, -0.2) is 0 Å². The first-order valence-electron chi connectivity index (χ1n) is 9.45. The predicted molar refractivity (Wildman–Crippen MR) is 98.5 cm³/mol. The van der Waals surface area contributed by atoms with E-state index >= 15 is 0 Å². The van der Waals surface area contributed by atoms with Crippen LogP contribution in [0.4, 0.5) is 0 Å². The van der Waals surface area contributed by atoms with E-state index in [0.29, 0.717) is 25.2 Å². The lowest BCUT2D eigenvalue weighted by atomic mass is 9.94. The summed E-state index contributed by atoms with van der Waals surface area (Å²) in [4.78, 5) is 40.6. The number of hydrogen-bond donors (Lipinski definition) is 1. The van der Waals surface area contributed by atoms with Crippen molar-refractivity contribution in [1.82, 2.24) is 15.1 Å². The Morgan fingerprint density at radius 2 is 1.65 bits per heavy atom. The van der Waals surface area contributed by atoms with Crippen LogP contribution in [0.15, 0.2) is 30.3 Å². The van der Waals surface area contributed by atoms with Crippen LogP contribution in [0.2, 0.25) is 0 Å². The molecule has 2 fully saturated rings. The summed E-state index contributed by atoms with van der Waals surface area (Å²) in [6, 6.07) is 9.27. The van der Waals surface area contributed by atoms with E-state index in [2.05, 4.69) is 5.32 Å². The fourth-order valence-corrected chi connectivity index (χ4v) is 3.97. The molecule has 6 nitrogen and oxygen atoms in total. The Hall–Kier alpha value is -2.37. The van der Waals surface area contributed by atoms with Crippen molar-refractivity contribution >= 4 is 17.7 Å². The fourth-order valence-electron chi connectivity index (χ4n) is 3.97. The number of nitrogens with zero attached hydrogens (tertiary/aromatic N) is 2. The van der Waals surface area contributed by atoms with E-state index in [9.17, 15) is 14.4 Å². The quantitative estimate of drug-likeness (QED) is 0.895. The molecule has 1 N–H and O–H groups in total. The van der Waals surface area contributed by atoms with Gasteiger partial charge in [0.05, 0.1) is 5.92 Å². The first-order chi connectivity index (χ1) is 12.5. The number of likely N-dealkylation sites (tertiary alicyclic amines) is 2. The number of hydrogen-bond acceptors (Lipinski definition) is 3. The van der Waals surface area contributed by atoms with Crippen LogP contribution in [0.3, 0.4) is 0 Å². The van der Waals surface area contributed by atoms with Crippen LogP contribution >= 0.6 is 0 Å². The first kappa shape index (κ1) is 18.4. The maximum absolute atomic E-state index is 13.0. The number of amides is 3. The van der Waals surface area contributed by atoms with E-state index in [4.69, 9.17) is 0 Å². The van der Waals surface area contributed by atoms with Crippen LogP contribution in [-0.4, -0.2) is 59.7 Å². The second kappa shape index (κ2) is 8.34. The Bertz CT molecular complexity index is 662. The molecule has 1 aromatic rings. The van der Waals surface area contributed by atoms with Crippen LogP contribution in [0.25, 0.3) is 0 Å². The lowest BCUT2D eigenvalue weighted by molar-refractivity contribution is -0.139. The molecule has 2 unspecified atom stereocenters. The van der Waals surface area contributed by atoms with Gasteiger partial charge in [0.2, 0.25) is 11.8 Å². The van der Waals surface area contributed by atoms with Crippen molar-refractivity contribution in [2.24, 2.45) is 5.92 Å². The highest BCUT2D eigenvalue weighted by Gasteiger charge is 2.33. The third-order valence-corrected chi connectivity index (χ3v) is 5.22. The van der Waals surface area contributed by atoms with Gasteiger partial charge >= 0.3 is 0 Å². The predicted octanol–water partition coefficient (Wildman–Crippen LogP) is 1.67. The molecule has 2 saturated heterocycles. The number of carbonyl (C=O) groups is 3. The lowest BCUT2D eigenvalue weighted by Gasteiger charge is -2.38. The number of piperidine rings is 2. The van der Waals surface area contributed by atoms with Crippen molar-refractivity contribution in [3.05, 3.63) is 35.9 Å². The molecule has 0 radical (unpaired) electrons. The van der Waals surface area contributed by atoms with Crippen molar-refractivity contribution in [3.63, 3.8) is 0 Å². The topological polar surface area (TPSA) is 69.7 Å². The highest BCUT2D eigenvalue weighted by atomic mass is 16.2. The van der Waals surface area contributed by atoms with Crippen LogP contribution in [0.1, 0.15) is 43.0 Å². The van der Waals surface area contributed by atoms with E-state index in [1.165, 1.54) is 6.92 Å². The number of benzene rings is 1. The number of carbonyl (C=O) groups excluding carboxylic acids is 3. The van der Waals surface area contributed by atoms with Gasteiger partial charge < -0.3 is 15.1 Å². The molecule has 2 aliphatic rings. The molecule has 3 amide bonds. The van der Waals surface area contributed by atoms with Gasteiger partial charge in [0.1, 0.15) is 0 Å². The SMILES string of the molecule is CC(=O)NC1CCCN(C(=O)C2CCCN(C(=O)c3ccccc3)C2)C1. The summed E-state index contributed by atoms with van der Waals surface area (Å²) in [7, 11) is 0. The highest BCUT2D eigenvalue weighted by molar-refractivity contribution is 5.94. The van der Waals surface area contributed by atoms with Crippen molar-refractivity contribution in [2.45, 2.75) is 38.6 Å². The van der Waals surface area contributed by atoms with Gasteiger partial charge in [-0.3, -0.25) is 14.4 Å². The largest absolute Gasteiger partial charge is 0.352 e. The van der Waals surface area contributed by atoms with Crippen LogP contribution in [-0.2, 0) is 9.59 Å². The molecule has 2 aliphatic heterocycles. The third kappa shape index (κ3) is 4.42. The van der Waals surface area contributed by atoms with E-state index in [-0.39, 0.29) is 29.7 Å². The van der Waals surface area contributed by atoms with Crippen LogP contribution < -0.4 is 5.32 Å². The minimum atomic E-state index is -0.146. The third-order valence-electron chi connectivity index (χ3n) is 5.22. The highest BCUT2D eigenvalue weighted by Crippen LogP contribution is 2.22. The summed E-state index contributed by atoms with van der Waals surface area (Å²) < 4.78 is 0. The average Bonchev–Trinajstić information content (AvgIpc) is 2.67. The van der Waals surface area contributed by atoms with Crippen molar-refractivity contribution < 1.29 is 14.4 Å². The molecule has 26 heavy (non-hydrogen) atoms. The van der Waals surface area contributed by atoms with E-state index in [0.717, 1.165) is 32.2 Å². The van der Waals surface area contributed by atoms with Gasteiger partial charge in [0.15, 0.2) is 0 Å². The molecule has 6 heteroatoms. The zero-order chi connectivity index (χ0) is 18.5. The molecule has 0 aromatic heterocycles. The van der Waals surface area contributed by atoms with Crippen molar-refractivity contribution in [3.8, 4) is 0 Å². The minimum absolute atomic E-state index is 0.00197. The Morgan fingerprint density at radius 3 is 2.38 bits per heavy atom. The smallest absolute Gasteiger partial charge is 0.253 e. The monoisotopic (exact) mass is 357 g/mol. The van der Waals surface area contributed by atoms with Gasteiger partial charge in [0, 0.05) is 44.7 Å². The molecule has 0 saturated carbocycles. The second-order valence-electron chi connectivity index (χ2n) is 7.28. The Labute approximate surface area is 154 Å². The van der Waals surface area contributed by atoms with Crippen LogP contribution in [0, 0.1) is 5.92 Å². The summed E-state index contributed by atoms with van der Waals surface area (Å²) in [6.07, 6.45) is 3.47. The van der Waals surface area contributed by atoms with E-state index < -0.39 is 0 Å². The maximum atomic E-state index is 13.0. The normalized spacial score (nSPS) is 23.4. The summed E-state index contributed by atoms with van der Waals surface area (Å²) in [5.41, 5.74) is 0.671. The second-order valence-corrected chi connectivity index (χ2v) is 7.28. The number of rotatable bonds is 3. The van der Waals surface area contributed by atoms with E-state index in [1.807, 2.05) is 35.2 Å². The summed E-state index contributed by atoms with van der Waals surface area (Å²) in [5.74, 6) is -0.0856. The fraction of sp³-hybridized carbons (Fsp3) is 0.550. The van der Waals surface area contributed by atoms with E-state index in [1.54, 1.807) is 4.90 Å². The molecule has 140 valence electrons. The molecule has 0 spiro atoms. The molecular formula is C20H27N3O3. The van der Waals surface area contributed by atoms with Crippen molar-refractivity contribution in [1.29, 1.82) is 0 Å². The number of nitrogens with one attached hydrogen (secondary N) is 1. The lowest BCUT2D eigenvalue weighted by Crippen LogP contribution is -2.53.